The van der Waals surface area contributed by atoms with Crippen molar-refractivity contribution in [2.75, 3.05) is 32.2 Å². The number of unbranched alkanes of at least 4 members (excludes halogenated alkanes) is 18. The number of Topliss-reactive ketones (excluding diaryl/α,β-unsaturated/α-hetero) is 3. The zero-order chi connectivity index (χ0) is 96.2. The molecule has 128 heavy (non-hydrogen) atoms. The molecule has 0 aromatic rings. The van der Waals surface area contributed by atoms with Gasteiger partial charge in [0.25, 0.3) is 0 Å². The van der Waals surface area contributed by atoms with Gasteiger partial charge in [0, 0.05) is 69.5 Å². The average molecular weight is 1830 g/mol. The third-order valence-electron chi connectivity index (χ3n) is 33.0. The van der Waals surface area contributed by atoms with Gasteiger partial charge in [0.2, 0.25) is 5.78 Å². The largest absolute Gasteiger partial charge is 0.481 e. The number of aliphatic hydroxyl groups is 8. The molecule has 13 N–H and O–H groups in total. The van der Waals surface area contributed by atoms with E-state index >= 15 is 13.2 Å². The lowest BCUT2D eigenvalue weighted by Crippen LogP contribution is -2.69. The van der Waals surface area contributed by atoms with E-state index in [1.807, 2.05) is 0 Å². The van der Waals surface area contributed by atoms with Gasteiger partial charge in [0.15, 0.2) is 52.5 Å². The molecule has 726 valence electrons. The molecule has 0 spiro atoms. The molecule has 9 saturated carbocycles. The monoisotopic (exact) mass is 1830 g/mol. The van der Waals surface area contributed by atoms with Crippen LogP contribution in [0.3, 0.4) is 0 Å². The van der Waals surface area contributed by atoms with Crippen molar-refractivity contribution in [1.82, 2.24) is 0 Å². The molecular formula is C101H157ClF3NO22. The van der Waals surface area contributed by atoms with Gasteiger partial charge < -0.3 is 66.6 Å². The zero-order valence-corrected chi connectivity index (χ0v) is 79.6. The maximum Gasteiger partial charge on any atom is 0.318 e. The van der Waals surface area contributed by atoms with E-state index in [4.69, 9.17) is 37.4 Å². The highest BCUT2D eigenvalue weighted by atomic mass is 35.5. The number of rotatable bonds is 33. The zero-order valence-electron chi connectivity index (χ0n) is 78.8. The van der Waals surface area contributed by atoms with Crippen molar-refractivity contribution in [3.05, 3.63) is 71.4 Å². The van der Waals surface area contributed by atoms with E-state index in [0.29, 0.717) is 93.8 Å². The molecule has 9 fully saturated rings. The Hall–Kier alpha value is -5.94. The van der Waals surface area contributed by atoms with E-state index < -0.39 is 181 Å². The van der Waals surface area contributed by atoms with Crippen LogP contribution >= 0.6 is 11.6 Å². The predicted octanol–water partition coefficient (Wildman–Crippen LogP) is 16.5. The van der Waals surface area contributed by atoms with Gasteiger partial charge in [-0.1, -0.05) is 220 Å². The summed E-state index contributed by atoms with van der Waals surface area (Å²) >= 11 is 4.74. The first-order valence-electron chi connectivity index (χ1n) is 48.0. The molecule has 23 nitrogen and oxygen atoms in total. The number of hydrogen-bond donors (Lipinski definition) is 12. The lowest BCUT2D eigenvalue weighted by atomic mass is 9.44. The summed E-state index contributed by atoms with van der Waals surface area (Å²) in [5.74, 6) is -9.46. The van der Waals surface area contributed by atoms with E-state index in [2.05, 4.69) is 27.7 Å². The standard InChI is InChI=1S/C31H45FO6.2C22H29FO5.2C9H18O2.C6H15N.C2H3ClO2/c1-5-6-7-8-9-10-11-27(36)38-19-26(35)31(37)20(2)16-24-23-13-12-21-17-22(33)14-15-28(21,3)30(23,32)25(34)18-29(24,31)4;2*1-12-8-16-15-5-4-13-9-14(25)6-7-19(13,2)21(15,23)17(26)10-20(16,3)22(12,28)18(27)11-24;2*1-2-3-4-5-6-7-8-9(10)11;1-2-3-4-5-6-7;3-1-2(4)5/h14-15,17,20,23-25,34,37H,5-13,16,18-19H2,1-4H3;2*6-7,9,12,15-17,24,26,28H,4-5,8,10-11H2,1-3H3;2*2-8H2,1H3,(H,10,11);2-7H2,1H3;1H2,(H,4,5)/t20-,23+,24+,25+,28+,29+,30+,31+;2*12-,15+,16+,17+,19+,20+,21+,22+;;;;/m111..../s1. The van der Waals surface area contributed by atoms with Crippen LogP contribution in [0.4, 0.5) is 13.2 Å². The highest BCUT2D eigenvalue weighted by Gasteiger charge is 2.79. The molecule has 27 heteroatoms. The smallest absolute Gasteiger partial charge is 0.318 e. The number of ketones is 6. The van der Waals surface area contributed by atoms with Crippen LogP contribution in [-0.2, 0) is 52.7 Å². The molecule has 0 saturated heterocycles. The van der Waals surface area contributed by atoms with Gasteiger partial charge in [-0.15, -0.1) is 11.6 Å². The number of carbonyl (C=O) groups is 10. The van der Waals surface area contributed by atoms with Crippen LogP contribution in [0.15, 0.2) is 71.4 Å². The quantitative estimate of drug-likeness (QED) is 0.0165. The fourth-order valence-corrected chi connectivity index (χ4v) is 25.7. The molecule has 0 aromatic heterocycles. The molecule has 0 aliphatic heterocycles. The van der Waals surface area contributed by atoms with Gasteiger partial charge in [0.1, 0.15) is 35.9 Å². The summed E-state index contributed by atoms with van der Waals surface area (Å²) in [6, 6.07) is 0. The summed E-state index contributed by atoms with van der Waals surface area (Å²) in [7, 11) is 0. The molecule has 12 aliphatic carbocycles. The molecule has 0 unspecified atom stereocenters. The van der Waals surface area contributed by atoms with Crippen LogP contribution in [0.2, 0.25) is 0 Å². The predicted molar refractivity (Wildman–Crippen MR) is 485 cm³/mol. The molecule has 0 amide bonds. The highest BCUT2D eigenvalue weighted by Crippen LogP contribution is 2.75. The van der Waals surface area contributed by atoms with Gasteiger partial charge in [0.05, 0.1) is 18.3 Å². The number of carbonyl (C=O) groups excluding carboxylic acids is 7. The molecule has 0 heterocycles. The first-order chi connectivity index (χ1) is 60.0. The third kappa shape index (κ3) is 21.9. The number of nitrogens with two attached hydrogens (primary N) is 1. The lowest BCUT2D eigenvalue weighted by molar-refractivity contribution is -0.220. The minimum absolute atomic E-state index is 0.0676. The van der Waals surface area contributed by atoms with Crippen molar-refractivity contribution in [1.29, 1.82) is 0 Å². The van der Waals surface area contributed by atoms with Crippen LogP contribution in [-0.4, -0.2) is 199 Å². The number of carboxylic acid groups (broad SMARTS) is 3. The second kappa shape index (κ2) is 46.8. The Morgan fingerprint density at radius 1 is 0.414 bits per heavy atom. The van der Waals surface area contributed by atoms with Gasteiger partial charge >= 0.3 is 23.9 Å². The maximum atomic E-state index is 17.2. The summed E-state index contributed by atoms with van der Waals surface area (Å²) in [5, 5.41) is 112. The summed E-state index contributed by atoms with van der Waals surface area (Å²) in [5.41, 5.74) is -10.4. The Bertz CT molecular complexity index is 3870. The second-order valence-corrected chi connectivity index (χ2v) is 40.7. The van der Waals surface area contributed by atoms with Crippen molar-refractivity contribution in [3.63, 3.8) is 0 Å². The van der Waals surface area contributed by atoms with E-state index in [-0.39, 0.29) is 66.7 Å². The molecule has 0 bridgehead atoms. The number of esters is 1. The minimum atomic E-state index is -2.02. The number of alkyl halides is 4. The number of ether oxygens (including phenoxy) is 1. The van der Waals surface area contributed by atoms with Crippen LogP contribution in [0.5, 0.6) is 0 Å². The van der Waals surface area contributed by atoms with E-state index in [1.54, 1.807) is 80.5 Å². The molecule has 0 radical (unpaired) electrons. The number of halogens is 4. The van der Waals surface area contributed by atoms with E-state index in [1.165, 1.54) is 120 Å². The van der Waals surface area contributed by atoms with Crippen LogP contribution in [0.1, 0.15) is 328 Å². The lowest BCUT2D eigenvalue weighted by Gasteiger charge is -2.62. The Balaban J connectivity index is 0.000000252. The Morgan fingerprint density at radius 2 is 0.672 bits per heavy atom. The van der Waals surface area contributed by atoms with Crippen molar-refractivity contribution in [3.8, 4) is 0 Å². The summed E-state index contributed by atoms with van der Waals surface area (Å²) in [4.78, 5) is 116. The molecule has 12 aliphatic rings. The molecule has 0 aromatic carbocycles. The fourth-order valence-electron chi connectivity index (χ4n) is 25.7. The van der Waals surface area contributed by atoms with Crippen LogP contribution in [0, 0.1) is 85.8 Å². The fraction of sp³-hybridized carbons (Fsp3) is 0.782. The number of carboxylic acids is 3. The van der Waals surface area contributed by atoms with Gasteiger partial charge in [-0.3, -0.25) is 47.9 Å². The summed E-state index contributed by atoms with van der Waals surface area (Å²) in [6.45, 7) is 23.3. The van der Waals surface area contributed by atoms with Crippen LogP contribution < -0.4 is 5.73 Å². The number of aliphatic hydroxyl groups excluding tert-OH is 5. The van der Waals surface area contributed by atoms with Crippen molar-refractivity contribution < 1.29 is 122 Å². The van der Waals surface area contributed by atoms with E-state index in [9.17, 15) is 88.8 Å². The maximum absolute atomic E-state index is 17.2. The SMILES string of the molecule is CCCCCCCCC(=O)O.CCCCCCCCC(=O)O.CCCCCCCCC(=O)OCC(=O)[C@@]1(O)[C@H](C)C[C@H]2[C@@H]3CCC4=CC(=O)C=C[C@]4(C)[C@@]3(F)[C@@H](O)C[C@@]21C.CCCCCCN.C[C@@H]1C[C@H]2[C@@H]3CCC4=CC(=O)C=C[C@]4(C)[C@@]3(F)[C@@H](O)C[C@]2(C)[C@@]1(O)C(=O)CO.C[C@@H]1C[C@H]2[C@@H]3CCC4=CC(=O)C=C[C@]4(C)[C@@]3(F)[C@@H](O)C[C@]2(C)[C@@]1(O)C(=O)CO.O=C(O)CCl. The summed E-state index contributed by atoms with van der Waals surface area (Å²) in [6.07, 6.45) is 39.3. The van der Waals surface area contributed by atoms with Crippen LogP contribution in [0.25, 0.3) is 0 Å². The van der Waals surface area contributed by atoms with Crippen molar-refractivity contribution >= 4 is 70.2 Å². The normalized spacial score (nSPS) is 37.9. The Labute approximate surface area is 763 Å². The number of aliphatic carboxylic acids is 3. The second-order valence-electron chi connectivity index (χ2n) is 40.5. The van der Waals surface area contributed by atoms with E-state index in [0.717, 1.165) is 57.9 Å². The molecular weight excluding hydrogens is 1670 g/mol. The summed E-state index contributed by atoms with van der Waals surface area (Å²) < 4.78 is 56.2. The van der Waals surface area contributed by atoms with Crippen molar-refractivity contribution in [2.24, 2.45) is 91.5 Å². The van der Waals surface area contributed by atoms with Crippen molar-refractivity contribution in [2.45, 2.75) is 380 Å². The number of fused-ring (bicyclic) bond motifs is 15. The highest BCUT2D eigenvalue weighted by molar-refractivity contribution is 6.26. The van der Waals surface area contributed by atoms with Gasteiger partial charge in [-0.05, 0) is 202 Å². The average Bonchev–Trinajstić information content (AvgIpc) is 1.44. The minimum Gasteiger partial charge on any atom is -0.481 e. The number of hydrogen-bond acceptors (Lipinski definition) is 20. The Kier molecular flexibility index (Phi) is 40.5. The topological polar surface area (TPSA) is 428 Å². The van der Waals surface area contributed by atoms with Gasteiger partial charge in [-0.25, -0.2) is 13.2 Å². The van der Waals surface area contributed by atoms with Gasteiger partial charge in [-0.2, -0.15) is 0 Å². The number of allylic oxidation sites excluding steroid dienone is 12. The Morgan fingerprint density at radius 3 is 0.930 bits per heavy atom. The first-order valence-corrected chi connectivity index (χ1v) is 48.5. The first kappa shape index (κ1) is 111. The molecule has 24 atom stereocenters. The molecule has 12 rings (SSSR count). The third-order valence-corrected chi connectivity index (χ3v) is 33.2.